The van der Waals surface area contributed by atoms with E-state index >= 15 is 0 Å². The van der Waals surface area contributed by atoms with Crippen LogP contribution in [0.4, 0.5) is 0 Å². The molecular formula is C13H17NO2. The van der Waals surface area contributed by atoms with Crippen molar-refractivity contribution in [1.29, 1.82) is 0 Å². The lowest BCUT2D eigenvalue weighted by molar-refractivity contribution is -0.143. The zero-order valence-electron chi connectivity index (χ0n) is 9.48. The second-order valence-corrected chi connectivity index (χ2v) is 3.47. The zero-order chi connectivity index (χ0) is 11.8. The molecular weight excluding hydrogens is 202 g/mol. The topological polar surface area (TPSA) is 38.3 Å². The Balaban J connectivity index is 2.50. The second-order valence-electron chi connectivity index (χ2n) is 3.47. The van der Waals surface area contributed by atoms with E-state index in [1.54, 1.807) is 6.08 Å². The molecule has 3 heteroatoms. The summed E-state index contributed by atoms with van der Waals surface area (Å²) in [4.78, 5) is 11.4. The van der Waals surface area contributed by atoms with E-state index in [1.807, 2.05) is 30.3 Å². The molecule has 0 spiro atoms. The summed E-state index contributed by atoms with van der Waals surface area (Å²) in [6, 6.07) is 9.60. The minimum Gasteiger partial charge on any atom is -0.468 e. The van der Waals surface area contributed by atoms with Gasteiger partial charge in [0.25, 0.3) is 0 Å². The first-order chi connectivity index (χ1) is 7.77. The maximum Gasteiger partial charge on any atom is 0.323 e. The molecule has 0 aliphatic heterocycles. The van der Waals surface area contributed by atoms with Crippen molar-refractivity contribution in [2.75, 3.05) is 7.11 Å². The summed E-state index contributed by atoms with van der Waals surface area (Å²) in [5.74, 6) is -0.254. The Hall–Kier alpha value is -1.61. The molecule has 16 heavy (non-hydrogen) atoms. The fraction of sp³-hybridized carbons (Fsp3) is 0.308. The lowest BCUT2D eigenvalue weighted by Crippen LogP contribution is -2.36. The Labute approximate surface area is 96.1 Å². The monoisotopic (exact) mass is 219 g/mol. The highest BCUT2D eigenvalue weighted by Gasteiger charge is 2.16. The molecule has 3 nitrogen and oxygen atoms in total. The molecule has 86 valence electrons. The molecule has 1 rings (SSSR count). The Morgan fingerprint density at radius 3 is 2.75 bits per heavy atom. The largest absolute Gasteiger partial charge is 0.468 e. The number of ether oxygens (including phenoxy) is 1. The van der Waals surface area contributed by atoms with E-state index in [-0.39, 0.29) is 12.0 Å². The van der Waals surface area contributed by atoms with Gasteiger partial charge >= 0.3 is 5.97 Å². The van der Waals surface area contributed by atoms with Gasteiger partial charge in [0, 0.05) is 6.54 Å². The van der Waals surface area contributed by atoms with Crippen LogP contribution in [0.3, 0.4) is 0 Å². The SMILES string of the molecule is C=CC[C@H](NCc1ccccc1)C(=O)OC. The molecule has 0 fully saturated rings. The van der Waals surface area contributed by atoms with E-state index < -0.39 is 0 Å². The van der Waals surface area contributed by atoms with Crippen LogP contribution in [0.5, 0.6) is 0 Å². The van der Waals surface area contributed by atoms with E-state index in [9.17, 15) is 4.79 Å². The Morgan fingerprint density at radius 2 is 2.19 bits per heavy atom. The van der Waals surface area contributed by atoms with Crippen molar-refractivity contribution in [2.45, 2.75) is 19.0 Å². The molecule has 0 aliphatic rings. The van der Waals surface area contributed by atoms with Crippen LogP contribution in [-0.4, -0.2) is 19.1 Å². The molecule has 0 bridgehead atoms. The van der Waals surface area contributed by atoms with Gasteiger partial charge in [0.15, 0.2) is 0 Å². The predicted octanol–water partition coefficient (Wildman–Crippen LogP) is 1.89. The van der Waals surface area contributed by atoms with Gasteiger partial charge in [0.1, 0.15) is 6.04 Å². The molecule has 1 N–H and O–H groups in total. The summed E-state index contributed by atoms with van der Waals surface area (Å²) in [6.45, 7) is 4.27. The standard InChI is InChI=1S/C13H17NO2/c1-3-7-12(13(15)16-2)14-10-11-8-5-4-6-9-11/h3-6,8-9,12,14H,1,7,10H2,2H3/t12-/m0/s1. The van der Waals surface area contributed by atoms with E-state index in [1.165, 1.54) is 7.11 Å². The average Bonchev–Trinajstić information content (AvgIpc) is 2.34. The van der Waals surface area contributed by atoms with Gasteiger partial charge in [-0.3, -0.25) is 4.79 Å². The molecule has 0 aliphatic carbocycles. The van der Waals surface area contributed by atoms with Crippen molar-refractivity contribution in [3.63, 3.8) is 0 Å². The van der Waals surface area contributed by atoms with Crippen molar-refractivity contribution in [1.82, 2.24) is 5.32 Å². The number of esters is 1. The summed E-state index contributed by atoms with van der Waals surface area (Å²) in [7, 11) is 1.39. The number of carbonyl (C=O) groups is 1. The average molecular weight is 219 g/mol. The number of rotatable bonds is 6. The van der Waals surface area contributed by atoms with Crippen LogP contribution >= 0.6 is 0 Å². The van der Waals surface area contributed by atoms with Gasteiger partial charge in [0.05, 0.1) is 7.11 Å². The molecule has 1 aromatic carbocycles. The van der Waals surface area contributed by atoms with Gasteiger partial charge in [-0.1, -0.05) is 36.4 Å². The number of carbonyl (C=O) groups excluding carboxylic acids is 1. The third kappa shape index (κ3) is 3.87. The van der Waals surface area contributed by atoms with Gasteiger partial charge in [0.2, 0.25) is 0 Å². The van der Waals surface area contributed by atoms with E-state index in [0.717, 1.165) is 5.56 Å². The minimum absolute atomic E-state index is 0.254. The molecule has 0 aromatic heterocycles. The van der Waals surface area contributed by atoms with Crippen LogP contribution in [0.25, 0.3) is 0 Å². The van der Waals surface area contributed by atoms with Crippen LogP contribution < -0.4 is 5.32 Å². The third-order valence-corrected chi connectivity index (χ3v) is 2.28. The molecule has 0 saturated carbocycles. The molecule has 0 saturated heterocycles. The molecule has 0 amide bonds. The Kier molecular flexibility index (Phi) is 5.29. The van der Waals surface area contributed by atoms with Gasteiger partial charge in [-0.05, 0) is 12.0 Å². The van der Waals surface area contributed by atoms with Gasteiger partial charge in [-0.2, -0.15) is 0 Å². The van der Waals surface area contributed by atoms with E-state index in [2.05, 4.69) is 11.9 Å². The highest BCUT2D eigenvalue weighted by molar-refractivity contribution is 5.75. The summed E-state index contributed by atoms with van der Waals surface area (Å²) in [5.41, 5.74) is 1.14. The first-order valence-corrected chi connectivity index (χ1v) is 5.24. The first-order valence-electron chi connectivity index (χ1n) is 5.24. The number of benzene rings is 1. The highest BCUT2D eigenvalue weighted by atomic mass is 16.5. The van der Waals surface area contributed by atoms with Crippen LogP contribution in [0.2, 0.25) is 0 Å². The fourth-order valence-electron chi connectivity index (χ4n) is 1.41. The first kappa shape index (κ1) is 12.5. The lowest BCUT2D eigenvalue weighted by Gasteiger charge is -2.14. The van der Waals surface area contributed by atoms with Gasteiger partial charge in [-0.15, -0.1) is 6.58 Å². The Morgan fingerprint density at radius 1 is 1.50 bits per heavy atom. The fourth-order valence-corrected chi connectivity index (χ4v) is 1.41. The number of methoxy groups -OCH3 is 1. The maximum atomic E-state index is 11.4. The minimum atomic E-state index is -0.317. The quantitative estimate of drug-likeness (QED) is 0.586. The maximum absolute atomic E-state index is 11.4. The van der Waals surface area contributed by atoms with Crippen LogP contribution in [0, 0.1) is 0 Å². The van der Waals surface area contributed by atoms with E-state index in [4.69, 9.17) is 4.74 Å². The predicted molar refractivity (Wildman–Crippen MR) is 63.9 cm³/mol. The number of hydrogen-bond acceptors (Lipinski definition) is 3. The molecule has 0 radical (unpaired) electrons. The Bertz CT molecular complexity index is 335. The molecule has 1 aromatic rings. The third-order valence-electron chi connectivity index (χ3n) is 2.28. The summed E-state index contributed by atoms with van der Waals surface area (Å²) in [5, 5.41) is 3.14. The van der Waals surface area contributed by atoms with Crippen molar-refractivity contribution in [2.24, 2.45) is 0 Å². The van der Waals surface area contributed by atoms with Crippen LogP contribution in [0.1, 0.15) is 12.0 Å². The lowest BCUT2D eigenvalue weighted by atomic mass is 10.1. The summed E-state index contributed by atoms with van der Waals surface area (Å²) >= 11 is 0. The van der Waals surface area contributed by atoms with Crippen LogP contribution in [0.15, 0.2) is 43.0 Å². The summed E-state index contributed by atoms with van der Waals surface area (Å²) < 4.78 is 4.70. The van der Waals surface area contributed by atoms with Crippen molar-refractivity contribution >= 4 is 5.97 Å². The van der Waals surface area contributed by atoms with Gasteiger partial charge < -0.3 is 10.1 Å². The molecule has 0 heterocycles. The molecule has 1 atom stereocenters. The number of hydrogen-bond donors (Lipinski definition) is 1. The highest BCUT2D eigenvalue weighted by Crippen LogP contribution is 2.01. The normalized spacial score (nSPS) is 11.8. The van der Waals surface area contributed by atoms with Crippen LogP contribution in [-0.2, 0) is 16.1 Å². The van der Waals surface area contributed by atoms with E-state index in [0.29, 0.717) is 13.0 Å². The second kappa shape index (κ2) is 6.80. The van der Waals surface area contributed by atoms with Crippen molar-refractivity contribution in [3.8, 4) is 0 Å². The van der Waals surface area contributed by atoms with Crippen molar-refractivity contribution in [3.05, 3.63) is 48.6 Å². The zero-order valence-corrected chi connectivity index (χ0v) is 9.48. The summed E-state index contributed by atoms with van der Waals surface area (Å²) in [6.07, 6.45) is 2.28. The smallest absolute Gasteiger partial charge is 0.323 e. The number of nitrogens with one attached hydrogen (secondary N) is 1. The van der Waals surface area contributed by atoms with Gasteiger partial charge in [-0.25, -0.2) is 0 Å². The molecule has 0 unspecified atom stereocenters. The van der Waals surface area contributed by atoms with Crippen molar-refractivity contribution < 1.29 is 9.53 Å².